The van der Waals surface area contributed by atoms with Crippen LogP contribution in [0, 0.1) is 21.4 Å². The van der Waals surface area contributed by atoms with Gasteiger partial charge in [-0.15, -0.1) is 0 Å². The number of nitro groups is 1. The number of alkyl halides is 2. The Labute approximate surface area is 76.8 Å². The quantitative estimate of drug-likeness (QED) is 0.537. The van der Waals surface area contributed by atoms with Crippen molar-refractivity contribution >= 4 is 5.82 Å². The van der Waals surface area contributed by atoms with Crippen LogP contribution in [0.5, 0.6) is 0 Å². The topological polar surface area (TPSA) is 79.8 Å². The molecule has 0 aliphatic rings. The average Bonchev–Trinajstić information content (AvgIpc) is 2.16. The second-order valence-electron chi connectivity index (χ2n) is 2.31. The molecular formula is C7H3F2N3O2. The van der Waals surface area contributed by atoms with Gasteiger partial charge in [0.25, 0.3) is 6.43 Å². The molecule has 1 rings (SSSR count). The van der Waals surface area contributed by atoms with Crippen molar-refractivity contribution in [2.45, 2.75) is 6.43 Å². The molecule has 72 valence electrons. The number of nitrogens with zero attached hydrogens (tertiary/aromatic N) is 3. The summed E-state index contributed by atoms with van der Waals surface area (Å²) in [5, 5.41) is 18.7. The van der Waals surface area contributed by atoms with E-state index in [2.05, 4.69) is 4.98 Å². The molecule has 0 amide bonds. The molecular weight excluding hydrogens is 196 g/mol. The first-order valence-corrected chi connectivity index (χ1v) is 3.39. The Kier molecular flexibility index (Phi) is 2.67. The summed E-state index contributed by atoms with van der Waals surface area (Å²) in [7, 11) is 0. The highest BCUT2D eigenvalue weighted by Crippen LogP contribution is 2.22. The molecule has 1 aromatic rings. The number of pyridine rings is 1. The van der Waals surface area contributed by atoms with Crippen LogP contribution in [-0.4, -0.2) is 9.91 Å². The van der Waals surface area contributed by atoms with E-state index in [0.717, 1.165) is 6.07 Å². The monoisotopic (exact) mass is 199 g/mol. The van der Waals surface area contributed by atoms with E-state index in [4.69, 9.17) is 5.26 Å². The Morgan fingerprint density at radius 1 is 1.64 bits per heavy atom. The van der Waals surface area contributed by atoms with Gasteiger partial charge in [-0.2, -0.15) is 5.26 Å². The minimum absolute atomic E-state index is 0.465. The van der Waals surface area contributed by atoms with Crippen molar-refractivity contribution in [1.82, 2.24) is 4.98 Å². The van der Waals surface area contributed by atoms with Gasteiger partial charge in [-0.1, -0.05) is 0 Å². The minimum Gasteiger partial charge on any atom is -0.358 e. The highest BCUT2D eigenvalue weighted by molar-refractivity contribution is 5.44. The van der Waals surface area contributed by atoms with Gasteiger partial charge in [0.15, 0.2) is 5.56 Å². The van der Waals surface area contributed by atoms with Crippen LogP contribution in [0.3, 0.4) is 0 Å². The summed E-state index contributed by atoms with van der Waals surface area (Å²) in [5.41, 5.74) is -0.972. The van der Waals surface area contributed by atoms with E-state index < -0.39 is 28.3 Å². The van der Waals surface area contributed by atoms with Crippen molar-refractivity contribution in [3.63, 3.8) is 0 Å². The van der Waals surface area contributed by atoms with E-state index in [0.29, 0.717) is 6.20 Å². The Morgan fingerprint density at radius 2 is 2.29 bits per heavy atom. The molecule has 5 nitrogen and oxygen atoms in total. The number of hydrogen-bond acceptors (Lipinski definition) is 4. The second-order valence-corrected chi connectivity index (χ2v) is 2.31. The SMILES string of the molecule is N#Cc1cc(C(F)F)cnc1[N+](=O)[O-]. The predicted octanol–water partition coefficient (Wildman–Crippen LogP) is 1.80. The van der Waals surface area contributed by atoms with Crippen molar-refractivity contribution in [2.24, 2.45) is 0 Å². The fourth-order valence-electron chi connectivity index (χ4n) is 0.821. The minimum atomic E-state index is -2.80. The molecule has 7 heteroatoms. The summed E-state index contributed by atoms with van der Waals surface area (Å²) < 4.78 is 24.2. The van der Waals surface area contributed by atoms with Crippen LogP contribution in [-0.2, 0) is 0 Å². The standard InChI is InChI=1S/C7H3F2N3O2/c8-6(9)5-1-4(2-10)7(11-3-5)12(13)14/h1,3,6H. The van der Waals surface area contributed by atoms with Crippen molar-refractivity contribution in [1.29, 1.82) is 5.26 Å². The van der Waals surface area contributed by atoms with Crippen molar-refractivity contribution in [3.05, 3.63) is 33.5 Å². The van der Waals surface area contributed by atoms with Crippen LogP contribution >= 0.6 is 0 Å². The Hall–Kier alpha value is -2.10. The first-order chi connectivity index (χ1) is 6.56. The highest BCUT2D eigenvalue weighted by atomic mass is 19.3. The van der Waals surface area contributed by atoms with Crippen LogP contribution in [0.2, 0.25) is 0 Å². The third kappa shape index (κ3) is 1.80. The molecule has 1 aromatic heterocycles. The molecule has 1 heterocycles. The highest BCUT2D eigenvalue weighted by Gasteiger charge is 2.19. The summed E-state index contributed by atoms with van der Waals surface area (Å²) in [6, 6.07) is 2.19. The van der Waals surface area contributed by atoms with Gasteiger partial charge in [0, 0.05) is 0 Å². The van der Waals surface area contributed by atoms with Crippen LogP contribution in [0.25, 0.3) is 0 Å². The predicted molar refractivity (Wildman–Crippen MR) is 40.6 cm³/mol. The average molecular weight is 199 g/mol. The first-order valence-electron chi connectivity index (χ1n) is 3.39. The molecule has 14 heavy (non-hydrogen) atoms. The summed E-state index contributed by atoms with van der Waals surface area (Å²) in [6.07, 6.45) is -2.11. The maximum Gasteiger partial charge on any atom is 0.381 e. The fraction of sp³-hybridized carbons (Fsp3) is 0.143. The van der Waals surface area contributed by atoms with Crippen molar-refractivity contribution in [2.75, 3.05) is 0 Å². The molecule has 0 saturated heterocycles. The van der Waals surface area contributed by atoms with Gasteiger partial charge in [0.1, 0.15) is 12.3 Å². The van der Waals surface area contributed by atoms with Gasteiger partial charge in [-0.05, 0) is 16.0 Å². The maximum atomic E-state index is 12.1. The summed E-state index contributed by atoms with van der Waals surface area (Å²) in [6.45, 7) is 0. The number of hydrogen-bond donors (Lipinski definition) is 0. The fourth-order valence-corrected chi connectivity index (χ4v) is 0.821. The number of halogens is 2. The van der Waals surface area contributed by atoms with E-state index in [-0.39, 0.29) is 0 Å². The molecule has 0 aliphatic carbocycles. The van der Waals surface area contributed by atoms with Crippen LogP contribution in [0.15, 0.2) is 12.3 Å². The summed E-state index contributed by atoms with van der Waals surface area (Å²) in [5.74, 6) is -0.711. The molecule has 0 atom stereocenters. The zero-order valence-electron chi connectivity index (χ0n) is 6.65. The Morgan fingerprint density at radius 3 is 2.71 bits per heavy atom. The van der Waals surface area contributed by atoms with Gasteiger partial charge in [-0.3, -0.25) is 0 Å². The Balaban J connectivity index is 3.27. The lowest BCUT2D eigenvalue weighted by molar-refractivity contribution is -0.389. The molecule has 0 aromatic carbocycles. The normalized spacial score (nSPS) is 9.86. The number of aromatic nitrogens is 1. The van der Waals surface area contributed by atoms with Gasteiger partial charge in [0.2, 0.25) is 0 Å². The molecule has 0 bridgehead atoms. The largest absolute Gasteiger partial charge is 0.381 e. The van der Waals surface area contributed by atoms with Gasteiger partial charge in [0.05, 0.1) is 5.56 Å². The van der Waals surface area contributed by atoms with Crippen molar-refractivity contribution < 1.29 is 13.7 Å². The van der Waals surface area contributed by atoms with E-state index in [9.17, 15) is 18.9 Å². The molecule has 0 N–H and O–H groups in total. The van der Waals surface area contributed by atoms with Crippen molar-refractivity contribution in [3.8, 4) is 6.07 Å². The zero-order chi connectivity index (χ0) is 10.7. The van der Waals surface area contributed by atoms with Crippen LogP contribution < -0.4 is 0 Å². The van der Waals surface area contributed by atoms with Gasteiger partial charge in [-0.25, -0.2) is 8.78 Å². The molecule has 0 saturated carbocycles. The molecule has 0 radical (unpaired) electrons. The van der Waals surface area contributed by atoms with Crippen LogP contribution in [0.4, 0.5) is 14.6 Å². The summed E-state index contributed by atoms with van der Waals surface area (Å²) >= 11 is 0. The summed E-state index contributed by atoms with van der Waals surface area (Å²) in [4.78, 5) is 12.5. The van der Waals surface area contributed by atoms with E-state index in [1.807, 2.05) is 0 Å². The lowest BCUT2D eigenvalue weighted by Crippen LogP contribution is -1.98. The molecule has 0 spiro atoms. The second kappa shape index (κ2) is 3.74. The van der Waals surface area contributed by atoms with E-state index >= 15 is 0 Å². The molecule has 0 aliphatic heterocycles. The lowest BCUT2D eigenvalue weighted by Gasteiger charge is -1.97. The number of rotatable bonds is 2. The van der Waals surface area contributed by atoms with Crippen LogP contribution in [0.1, 0.15) is 17.6 Å². The zero-order valence-corrected chi connectivity index (χ0v) is 6.65. The maximum absolute atomic E-state index is 12.1. The Bertz CT molecular complexity index is 414. The lowest BCUT2D eigenvalue weighted by atomic mass is 10.2. The van der Waals surface area contributed by atoms with E-state index in [1.165, 1.54) is 6.07 Å². The third-order valence-corrected chi connectivity index (χ3v) is 1.43. The first kappa shape index (κ1) is 9.98. The molecule has 0 unspecified atom stereocenters. The third-order valence-electron chi connectivity index (χ3n) is 1.43. The smallest absolute Gasteiger partial charge is 0.358 e. The molecule has 0 fully saturated rings. The van der Waals surface area contributed by atoms with E-state index in [1.54, 1.807) is 0 Å². The van der Waals surface area contributed by atoms with Gasteiger partial charge < -0.3 is 10.1 Å². The van der Waals surface area contributed by atoms with Gasteiger partial charge >= 0.3 is 5.82 Å². The number of nitriles is 1.